The van der Waals surface area contributed by atoms with Crippen molar-refractivity contribution < 1.29 is 33.0 Å². The van der Waals surface area contributed by atoms with Crippen molar-refractivity contribution in [1.82, 2.24) is 10.2 Å². The minimum absolute atomic E-state index is 0.0119. The van der Waals surface area contributed by atoms with Crippen LogP contribution >= 0.6 is 0 Å². The topological polar surface area (TPSA) is 107 Å². The van der Waals surface area contributed by atoms with E-state index in [2.05, 4.69) is 10.1 Å². The lowest BCUT2D eigenvalue weighted by atomic mass is 10.1. The van der Waals surface area contributed by atoms with Gasteiger partial charge in [0.05, 0.1) is 20.8 Å². The molecule has 3 amide bonds. The quantitative estimate of drug-likeness (QED) is 0.297. The van der Waals surface area contributed by atoms with E-state index in [0.29, 0.717) is 23.7 Å². The first-order chi connectivity index (χ1) is 16.9. The number of furan rings is 1. The third kappa shape index (κ3) is 5.35. The van der Waals surface area contributed by atoms with Crippen molar-refractivity contribution >= 4 is 24.0 Å². The number of benzene rings is 2. The molecule has 0 saturated carbocycles. The molecule has 0 bridgehead atoms. The van der Waals surface area contributed by atoms with Crippen molar-refractivity contribution in [2.24, 2.45) is 0 Å². The molecule has 1 aliphatic heterocycles. The highest BCUT2D eigenvalue weighted by Gasteiger charge is 2.34. The van der Waals surface area contributed by atoms with Gasteiger partial charge in [0.25, 0.3) is 5.91 Å². The Morgan fingerprint density at radius 2 is 1.89 bits per heavy atom. The Labute approximate surface area is 201 Å². The van der Waals surface area contributed by atoms with Gasteiger partial charge in [-0.3, -0.25) is 9.69 Å². The number of amides is 3. The molecule has 0 atom stereocenters. The number of hydrogen-bond donors (Lipinski definition) is 1. The fraction of sp³-hybridized carbons (Fsp3) is 0.192. The zero-order valence-electron chi connectivity index (χ0n) is 19.5. The molecule has 0 aliphatic carbocycles. The SMILES string of the molecule is COC(=O)c1ccc(CN2C(=O)N/C(=C/c3ccc(OCc4cccc(C)c4)c(OC)c3)C2=O)o1. The Hall–Kier alpha value is -4.53. The summed E-state index contributed by atoms with van der Waals surface area (Å²) in [6, 6.07) is 15.6. The number of urea groups is 1. The predicted octanol–water partition coefficient (Wildman–Crippen LogP) is 4.06. The zero-order chi connectivity index (χ0) is 24.9. The third-order valence-corrected chi connectivity index (χ3v) is 5.30. The van der Waals surface area contributed by atoms with E-state index in [1.165, 1.54) is 26.4 Å². The molecule has 0 unspecified atom stereocenters. The second kappa shape index (κ2) is 10.2. The first kappa shape index (κ1) is 23.6. The van der Waals surface area contributed by atoms with Crippen LogP contribution in [0.15, 0.2) is 64.7 Å². The van der Waals surface area contributed by atoms with Crippen LogP contribution in [0, 0.1) is 6.92 Å². The number of esters is 1. The zero-order valence-corrected chi connectivity index (χ0v) is 19.5. The molecule has 1 saturated heterocycles. The van der Waals surface area contributed by atoms with Gasteiger partial charge in [0.15, 0.2) is 11.5 Å². The molecule has 1 aliphatic rings. The molecule has 35 heavy (non-hydrogen) atoms. The lowest BCUT2D eigenvalue weighted by Gasteiger charge is -2.12. The number of carbonyl (C=O) groups excluding carboxylic acids is 3. The summed E-state index contributed by atoms with van der Waals surface area (Å²) in [5.74, 6) is 0.137. The van der Waals surface area contributed by atoms with Crippen molar-refractivity contribution in [3.8, 4) is 11.5 Å². The summed E-state index contributed by atoms with van der Waals surface area (Å²) in [6.07, 6.45) is 1.55. The van der Waals surface area contributed by atoms with E-state index >= 15 is 0 Å². The molecule has 9 nitrogen and oxygen atoms in total. The fourth-order valence-corrected chi connectivity index (χ4v) is 3.57. The van der Waals surface area contributed by atoms with E-state index in [1.807, 2.05) is 31.2 Å². The normalized spacial score (nSPS) is 14.3. The summed E-state index contributed by atoms with van der Waals surface area (Å²) < 4.78 is 21.3. The van der Waals surface area contributed by atoms with Gasteiger partial charge in [0.1, 0.15) is 18.1 Å². The van der Waals surface area contributed by atoms with Gasteiger partial charge in [-0.2, -0.15) is 0 Å². The number of rotatable bonds is 8. The summed E-state index contributed by atoms with van der Waals surface area (Å²) in [4.78, 5) is 37.7. The molecule has 2 heterocycles. The molecule has 1 N–H and O–H groups in total. The highest BCUT2D eigenvalue weighted by atomic mass is 16.5. The van der Waals surface area contributed by atoms with Gasteiger partial charge in [0.2, 0.25) is 5.76 Å². The standard InChI is InChI=1S/C26H24N2O7/c1-16-5-4-6-18(11-16)15-34-21-9-7-17(13-23(21)32-2)12-20-24(29)28(26(31)27-20)14-19-8-10-22(35-19)25(30)33-3/h4-13H,14-15H2,1-3H3,(H,27,31)/b20-12+. The Kier molecular flexibility index (Phi) is 6.86. The first-order valence-electron chi connectivity index (χ1n) is 10.8. The van der Waals surface area contributed by atoms with Crippen LogP contribution in [0.4, 0.5) is 4.79 Å². The summed E-state index contributed by atoms with van der Waals surface area (Å²) in [5.41, 5.74) is 2.92. The van der Waals surface area contributed by atoms with E-state index in [9.17, 15) is 14.4 Å². The lowest BCUT2D eigenvalue weighted by molar-refractivity contribution is -0.123. The number of methoxy groups -OCH3 is 2. The summed E-state index contributed by atoms with van der Waals surface area (Å²) >= 11 is 0. The largest absolute Gasteiger partial charge is 0.493 e. The molecule has 1 fully saturated rings. The van der Waals surface area contributed by atoms with E-state index in [0.717, 1.165) is 16.0 Å². The molecular weight excluding hydrogens is 452 g/mol. The molecule has 0 radical (unpaired) electrons. The molecule has 4 rings (SSSR count). The van der Waals surface area contributed by atoms with Gasteiger partial charge in [-0.15, -0.1) is 0 Å². The van der Waals surface area contributed by atoms with Crippen molar-refractivity contribution in [1.29, 1.82) is 0 Å². The highest BCUT2D eigenvalue weighted by molar-refractivity contribution is 6.13. The van der Waals surface area contributed by atoms with Gasteiger partial charge in [0, 0.05) is 0 Å². The predicted molar refractivity (Wildman–Crippen MR) is 126 cm³/mol. The molecule has 180 valence electrons. The Morgan fingerprint density at radius 3 is 2.63 bits per heavy atom. The fourth-order valence-electron chi connectivity index (χ4n) is 3.57. The maximum atomic E-state index is 12.8. The van der Waals surface area contributed by atoms with Crippen LogP contribution in [0.2, 0.25) is 0 Å². The molecule has 9 heteroatoms. The van der Waals surface area contributed by atoms with Crippen molar-refractivity contribution in [2.75, 3.05) is 14.2 Å². The van der Waals surface area contributed by atoms with E-state index in [-0.39, 0.29) is 23.8 Å². The molecular formula is C26H24N2O7. The summed E-state index contributed by atoms with van der Waals surface area (Å²) in [7, 11) is 2.76. The van der Waals surface area contributed by atoms with Gasteiger partial charge < -0.3 is 23.9 Å². The minimum atomic E-state index is -0.644. The number of imide groups is 1. The number of aryl methyl sites for hydroxylation is 1. The smallest absolute Gasteiger partial charge is 0.373 e. The second-order valence-corrected chi connectivity index (χ2v) is 7.83. The van der Waals surface area contributed by atoms with E-state index in [1.54, 1.807) is 24.3 Å². The van der Waals surface area contributed by atoms with Gasteiger partial charge >= 0.3 is 12.0 Å². The Balaban J connectivity index is 1.46. The molecule has 3 aromatic rings. The number of carbonyl (C=O) groups is 3. The number of nitrogens with one attached hydrogen (secondary N) is 1. The van der Waals surface area contributed by atoms with Crippen LogP contribution < -0.4 is 14.8 Å². The lowest BCUT2D eigenvalue weighted by Crippen LogP contribution is -2.30. The Morgan fingerprint density at radius 1 is 1.06 bits per heavy atom. The van der Waals surface area contributed by atoms with Gasteiger partial charge in [-0.1, -0.05) is 35.9 Å². The molecule has 0 spiro atoms. The van der Waals surface area contributed by atoms with Crippen LogP contribution in [-0.4, -0.2) is 37.0 Å². The maximum Gasteiger partial charge on any atom is 0.373 e. The number of hydrogen-bond acceptors (Lipinski definition) is 7. The first-order valence-corrected chi connectivity index (χ1v) is 10.8. The van der Waals surface area contributed by atoms with Crippen LogP contribution in [0.5, 0.6) is 11.5 Å². The molecule has 2 aromatic carbocycles. The van der Waals surface area contributed by atoms with Crippen molar-refractivity contribution in [3.63, 3.8) is 0 Å². The maximum absolute atomic E-state index is 12.8. The Bertz CT molecular complexity index is 1310. The molecule has 1 aromatic heterocycles. The van der Waals surface area contributed by atoms with Crippen LogP contribution in [0.3, 0.4) is 0 Å². The second-order valence-electron chi connectivity index (χ2n) is 7.83. The van der Waals surface area contributed by atoms with Gasteiger partial charge in [-0.25, -0.2) is 9.59 Å². The van der Waals surface area contributed by atoms with Gasteiger partial charge in [-0.05, 0) is 48.4 Å². The minimum Gasteiger partial charge on any atom is -0.493 e. The van der Waals surface area contributed by atoms with E-state index < -0.39 is 17.9 Å². The summed E-state index contributed by atoms with van der Waals surface area (Å²) in [6.45, 7) is 2.27. The average Bonchev–Trinajstić information content (AvgIpc) is 3.43. The monoisotopic (exact) mass is 476 g/mol. The van der Waals surface area contributed by atoms with Crippen LogP contribution in [0.1, 0.15) is 33.0 Å². The van der Waals surface area contributed by atoms with Crippen LogP contribution in [0.25, 0.3) is 6.08 Å². The number of ether oxygens (including phenoxy) is 3. The number of nitrogens with zero attached hydrogens (tertiary/aromatic N) is 1. The van der Waals surface area contributed by atoms with E-state index in [4.69, 9.17) is 13.9 Å². The average molecular weight is 476 g/mol. The third-order valence-electron chi connectivity index (χ3n) is 5.30. The highest BCUT2D eigenvalue weighted by Crippen LogP contribution is 2.30. The van der Waals surface area contributed by atoms with Crippen molar-refractivity contribution in [3.05, 3.63) is 88.5 Å². The van der Waals surface area contributed by atoms with Crippen LogP contribution in [-0.2, 0) is 22.7 Å². The van der Waals surface area contributed by atoms with Crippen molar-refractivity contribution in [2.45, 2.75) is 20.1 Å². The summed E-state index contributed by atoms with van der Waals surface area (Å²) in [5, 5.41) is 2.56.